The number of Topliss-reactive ketones (excluding diaryl/α,β-unsaturated/α-hetero) is 1. The van der Waals surface area contributed by atoms with E-state index in [0.717, 1.165) is 0 Å². The average Bonchev–Trinajstić information content (AvgIpc) is 2.43. The first-order chi connectivity index (χ1) is 8.60. The highest BCUT2D eigenvalue weighted by Gasteiger charge is 2.31. The first-order valence-corrected chi connectivity index (χ1v) is 5.34. The van der Waals surface area contributed by atoms with Crippen LogP contribution in [-0.4, -0.2) is 31.9 Å². The van der Waals surface area contributed by atoms with E-state index in [1.807, 2.05) is 0 Å². The summed E-state index contributed by atoms with van der Waals surface area (Å²) in [7, 11) is 2.37. The van der Waals surface area contributed by atoms with Crippen molar-refractivity contribution in [2.24, 2.45) is 5.92 Å². The lowest BCUT2D eigenvalue weighted by Gasteiger charge is -2.12. The molecule has 0 bridgehead atoms. The van der Waals surface area contributed by atoms with Crippen LogP contribution >= 0.6 is 0 Å². The topological polar surface area (TPSA) is 69.7 Å². The smallest absolute Gasteiger partial charge is 0.317 e. The molecule has 0 fully saturated rings. The van der Waals surface area contributed by atoms with E-state index in [0.29, 0.717) is 5.56 Å². The van der Waals surface area contributed by atoms with E-state index >= 15 is 0 Å². The highest BCUT2D eigenvalue weighted by molar-refractivity contribution is 6.10. The number of rotatable bonds is 5. The molecule has 0 spiro atoms. The Kier molecular flexibility index (Phi) is 5.05. The summed E-state index contributed by atoms with van der Waals surface area (Å²) in [4.78, 5) is 34.8. The largest absolute Gasteiger partial charge is 0.469 e. The lowest BCUT2D eigenvalue weighted by atomic mass is 9.95. The lowest BCUT2D eigenvalue weighted by molar-refractivity contribution is -0.150. The van der Waals surface area contributed by atoms with Crippen molar-refractivity contribution >= 4 is 17.7 Å². The summed E-state index contributed by atoms with van der Waals surface area (Å²) < 4.78 is 9.00. The zero-order valence-electron chi connectivity index (χ0n) is 10.2. The maximum Gasteiger partial charge on any atom is 0.317 e. The molecule has 0 saturated carbocycles. The monoisotopic (exact) mass is 250 g/mol. The Morgan fingerprint density at radius 1 is 1.06 bits per heavy atom. The zero-order chi connectivity index (χ0) is 13.5. The Hall–Kier alpha value is -2.17. The molecule has 0 aliphatic carbocycles. The Balaban J connectivity index is 2.93. The summed E-state index contributed by atoms with van der Waals surface area (Å²) in [6.45, 7) is 0. The molecule has 1 unspecified atom stereocenters. The minimum atomic E-state index is -1.16. The predicted octanol–water partition coefficient (Wildman–Crippen LogP) is 1.22. The molecule has 0 radical (unpaired) electrons. The molecule has 0 saturated heterocycles. The summed E-state index contributed by atoms with van der Waals surface area (Å²) in [6, 6.07) is 8.27. The van der Waals surface area contributed by atoms with Crippen LogP contribution in [0.15, 0.2) is 30.3 Å². The maximum absolute atomic E-state index is 12.1. The third-order valence-electron chi connectivity index (χ3n) is 2.46. The van der Waals surface area contributed by atoms with Gasteiger partial charge in [-0.15, -0.1) is 0 Å². The van der Waals surface area contributed by atoms with Crippen LogP contribution in [0.3, 0.4) is 0 Å². The van der Waals surface area contributed by atoms with Gasteiger partial charge >= 0.3 is 11.9 Å². The first-order valence-electron chi connectivity index (χ1n) is 5.34. The molecule has 0 aliphatic rings. The van der Waals surface area contributed by atoms with E-state index in [4.69, 9.17) is 0 Å². The molecule has 0 heterocycles. The van der Waals surface area contributed by atoms with E-state index in [1.165, 1.54) is 14.2 Å². The highest BCUT2D eigenvalue weighted by atomic mass is 16.5. The maximum atomic E-state index is 12.1. The molecule has 0 aliphatic heterocycles. The number of benzene rings is 1. The number of carbonyl (C=O) groups excluding carboxylic acids is 3. The normalized spacial score (nSPS) is 11.4. The standard InChI is InChI=1S/C13H14O5/c1-17-11(14)8-10(13(16)18-2)12(15)9-6-4-3-5-7-9/h3-7,10H,8H2,1-2H3. The van der Waals surface area contributed by atoms with Gasteiger partial charge in [0.1, 0.15) is 5.92 Å². The van der Waals surface area contributed by atoms with Gasteiger partial charge in [0.2, 0.25) is 0 Å². The van der Waals surface area contributed by atoms with Crippen LogP contribution in [0.25, 0.3) is 0 Å². The molecular formula is C13H14O5. The Morgan fingerprint density at radius 3 is 2.17 bits per heavy atom. The van der Waals surface area contributed by atoms with E-state index in [9.17, 15) is 14.4 Å². The number of ketones is 1. The van der Waals surface area contributed by atoms with E-state index in [2.05, 4.69) is 9.47 Å². The molecule has 18 heavy (non-hydrogen) atoms. The third kappa shape index (κ3) is 3.41. The minimum absolute atomic E-state index is 0.323. The van der Waals surface area contributed by atoms with Gasteiger partial charge in [-0.2, -0.15) is 0 Å². The van der Waals surface area contributed by atoms with Gasteiger partial charge in [0.25, 0.3) is 0 Å². The van der Waals surface area contributed by atoms with Crippen molar-refractivity contribution in [2.45, 2.75) is 6.42 Å². The number of carbonyl (C=O) groups is 3. The Labute approximate surface area is 105 Å². The van der Waals surface area contributed by atoms with Crippen molar-refractivity contribution < 1.29 is 23.9 Å². The zero-order valence-corrected chi connectivity index (χ0v) is 10.2. The number of hydrogen-bond acceptors (Lipinski definition) is 5. The predicted molar refractivity (Wildman–Crippen MR) is 62.9 cm³/mol. The van der Waals surface area contributed by atoms with E-state index in [-0.39, 0.29) is 6.42 Å². The fourth-order valence-corrected chi connectivity index (χ4v) is 1.48. The third-order valence-corrected chi connectivity index (χ3v) is 2.46. The molecule has 1 aromatic rings. The molecule has 5 nitrogen and oxygen atoms in total. The number of esters is 2. The summed E-state index contributed by atoms with van der Waals surface area (Å²) in [5, 5.41) is 0. The molecule has 1 atom stereocenters. The van der Waals surface area contributed by atoms with Crippen molar-refractivity contribution in [3.05, 3.63) is 35.9 Å². The fourth-order valence-electron chi connectivity index (χ4n) is 1.48. The molecule has 1 aromatic carbocycles. The number of hydrogen-bond donors (Lipinski definition) is 0. The van der Waals surface area contributed by atoms with E-state index < -0.39 is 23.6 Å². The van der Waals surface area contributed by atoms with Crippen LogP contribution in [0.5, 0.6) is 0 Å². The van der Waals surface area contributed by atoms with Crippen LogP contribution in [-0.2, 0) is 19.1 Å². The summed E-state index contributed by atoms with van der Waals surface area (Å²) >= 11 is 0. The average molecular weight is 250 g/mol. The van der Waals surface area contributed by atoms with Gasteiger partial charge in [-0.05, 0) is 0 Å². The van der Waals surface area contributed by atoms with Gasteiger partial charge in [-0.3, -0.25) is 14.4 Å². The van der Waals surface area contributed by atoms with Gasteiger partial charge in [-0.1, -0.05) is 30.3 Å². The SMILES string of the molecule is COC(=O)CC(C(=O)OC)C(=O)c1ccccc1. The summed E-state index contributed by atoms with van der Waals surface area (Å²) in [5.74, 6) is -2.98. The molecule has 5 heteroatoms. The molecule has 0 N–H and O–H groups in total. The Bertz CT molecular complexity index is 438. The lowest BCUT2D eigenvalue weighted by Crippen LogP contribution is -2.28. The second kappa shape index (κ2) is 6.54. The van der Waals surface area contributed by atoms with Crippen LogP contribution in [0.1, 0.15) is 16.8 Å². The van der Waals surface area contributed by atoms with Crippen molar-refractivity contribution in [3.63, 3.8) is 0 Å². The second-order valence-corrected chi connectivity index (χ2v) is 3.59. The second-order valence-electron chi connectivity index (χ2n) is 3.59. The number of ether oxygens (including phenoxy) is 2. The molecule has 96 valence electrons. The molecule has 1 rings (SSSR count). The molecular weight excluding hydrogens is 236 g/mol. The fraction of sp³-hybridized carbons (Fsp3) is 0.308. The van der Waals surface area contributed by atoms with Gasteiger partial charge < -0.3 is 9.47 Å². The van der Waals surface area contributed by atoms with Crippen LogP contribution in [0.2, 0.25) is 0 Å². The van der Waals surface area contributed by atoms with Crippen LogP contribution in [0, 0.1) is 5.92 Å². The molecule has 0 aromatic heterocycles. The van der Waals surface area contributed by atoms with Gasteiger partial charge in [0, 0.05) is 5.56 Å². The summed E-state index contributed by atoms with van der Waals surface area (Å²) in [6.07, 6.45) is -0.323. The summed E-state index contributed by atoms with van der Waals surface area (Å²) in [5.41, 5.74) is 0.358. The number of methoxy groups -OCH3 is 2. The Morgan fingerprint density at radius 2 is 1.67 bits per heavy atom. The van der Waals surface area contributed by atoms with E-state index in [1.54, 1.807) is 30.3 Å². The van der Waals surface area contributed by atoms with Crippen LogP contribution < -0.4 is 0 Å². The van der Waals surface area contributed by atoms with Crippen molar-refractivity contribution in [1.82, 2.24) is 0 Å². The quantitative estimate of drug-likeness (QED) is 0.446. The van der Waals surface area contributed by atoms with Gasteiger partial charge in [0.15, 0.2) is 5.78 Å². The van der Waals surface area contributed by atoms with Crippen LogP contribution in [0.4, 0.5) is 0 Å². The minimum Gasteiger partial charge on any atom is -0.469 e. The van der Waals surface area contributed by atoms with Crippen molar-refractivity contribution in [2.75, 3.05) is 14.2 Å². The van der Waals surface area contributed by atoms with Gasteiger partial charge in [-0.25, -0.2) is 0 Å². The van der Waals surface area contributed by atoms with Crippen molar-refractivity contribution in [3.8, 4) is 0 Å². The van der Waals surface area contributed by atoms with Gasteiger partial charge in [0.05, 0.1) is 20.6 Å². The first kappa shape index (κ1) is 13.9. The van der Waals surface area contributed by atoms with Crippen molar-refractivity contribution in [1.29, 1.82) is 0 Å². The molecule has 0 amide bonds. The highest BCUT2D eigenvalue weighted by Crippen LogP contribution is 2.15.